The zero-order valence-corrected chi connectivity index (χ0v) is 25.0. The fraction of sp³-hybridized carbons (Fsp3) is 0.429. The minimum atomic E-state index is -0.835. The van der Waals surface area contributed by atoms with Crippen LogP contribution in [0.5, 0.6) is 28.7 Å². The van der Waals surface area contributed by atoms with Gasteiger partial charge in [0.05, 0.1) is 26.5 Å². The summed E-state index contributed by atoms with van der Waals surface area (Å²) in [6, 6.07) is 12.4. The predicted molar refractivity (Wildman–Crippen MR) is 165 cm³/mol. The third kappa shape index (κ3) is 4.88. The second-order valence-corrected chi connectivity index (χ2v) is 12.5. The molecule has 0 aromatic heterocycles. The first kappa shape index (κ1) is 28.7. The summed E-state index contributed by atoms with van der Waals surface area (Å²) in [5.41, 5.74) is 5.79. The summed E-state index contributed by atoms with van der Waals surface area (Å²) in [5.74, 6) is 1.91. The van der Waals surface area contributed by atoms with Gasteiger partial charge in [0.1, 0.15) is 30.0 Å². The molecular formula is C35H40N2O7. The maximum absolute atomic E-state index is 11.6. The van der Waals surface area contributed by atoms with Gasteiger partial charge in [-0.2, -0.15) is 0 Å². The number of hydrogen-bond donors (Lipinski definition) is 5. The Morgan fingerprint density at radius 1 is 1.05 bits per heavy atom. The van der Waals surface area contributed by atoms with Crippen LogP contribution in [0.3, 0.4) is 0 Å². The van der Waals surface area contributed by atoms with E-state index < -0.39 is 12.2 Å². The lowest BCUT2D eigenvalue weighted by molar-refractivity contribution is 0.0199. The van der Waals surface area contributed by atoms with Gasteiger partial charge in [0.15, 0.2) is 11.5 Å². The van der Waals surface area contributed by atoms with Crippen LogP contribution in [-0.2, 0) is 12.8 Å². The highest BCUT2D eigenvalue weighted by molar-refractivity contribution is 5.83. The molecule has 3 atom stereocenters. The van der Waals surface area contributed by atoms with Crippen LogP contribution in [0.4, 0.5) is 0 Å². The van der Waals surface area contributed by atoms with E-state index in [1.165, 1.54) is 20.0 Å². The SMILES string of the molecule is COc1cc([C@H]2Oc3cc(OCCO)c4c(c3C[C@H]2O)[C@H](CC2(N3C=CNC3)CCCC2)Cc2cc(O)ccc2-4)ccc1O. The Bertz CT molecular complexity index is 1580. The summed E-state index contributed by atoms with van der Waals surface area (Å²) >= 11 is 0. The Hall–Kier alpha value is -4.08. The molecule has 0 saturated heterocycles. The monoisotopic (exact) mass is 600 g/mol. The molecule has 0 unspecified atom stereocenters. The van der Waals surface area contributed by atoms with Crippen molar-refractivity contribution in [2.45, 2.75) is 68.6 Å². The van der Waals surface area contributed by atoms with Crippen LogP contribution in [0.25, 0.3) is 11.1 Å². The largest absolute Gasteiger partial charge is 0.508 e. The van der Waals surface area contributed by atoms with Crippen LogP contribution in [-0.4, -0.2) is 64.0 Å². The minimum absolute atomic E-state index is 0.00955. The lowest BCUT2D eigenvalue weighted by Crippen LogP contribution is -2.45. The Labute approximate surface area is 257 Å². The third-order valence-electron chi connectivity index (χ3n) is 9.93. The van der Waals surface area contributed by atoms with Gasteiger partial charge in [-0.05, 0) is 78.1 Å². The van der Waals surface area contributed by atoms with Crippen LogP contribution < -0.4 is 19.5 Å². The van der Waals surface area contributed by atoms with Crippen LogP contribution in [0.15, 0.2) is 54.9 Å². The second kappa shape index (κ2) is 11.4. The molecule has 9 nitrogen and oxygen atoms in total. The van der Waals surface area contributed by atoms with Gasteiger partial charge in [0, 0.05) is 41.6 Å². The molecule has 4 aliphatic rings. The van der Waals surface area contributed by atoms with Crippen molar-refractivity contribution in [3.63, 3.8) is 0 Å². The first-order valence-electron chi connectivity index (χ1n) is 15.5. The molecular weight excluding hydrogens is 560 g/mol. The average Bonchev–Trinajstić information content (AvgIpc) is 3.73. The van der Waals surface area contributed by atoms with Crippen LogP contribution in [0, 0.1) is 0 Å². The van der Waals surface area contributed by atoms with Gasteiger partial charge in [-0.15, -0.1) is 0 Å². The fourth-order valence-corrected chi connectivity index (χ4v) is 8.01. The van der Waals surface area contributed by atoms with E-state index in [0.29, 0.717) is 29.2 Å². The number of phenols is 2. The minimum Gasteiger partial charge on any atom is -0.508 e. The standard InChI is InChI=1S/C35H40N2O7/c1-42-30-16-21(4-7-27(30)40)34-28(41)17-26-29(44-34)18-31(43-13-12-38)33-25-6-5-24(39)15-22(25)14-23(32(26)33)19-35(8-2-3-9-35)37-11-10-36-20-37/h4-7,10-11,15-16,18,23,28,34,36,38-41H,2-3,8-9,12-14,17,19-20H2,1H3/t23-,28+,34+/m0/s1. The molecule has 0 radical (unpaired) electrons. The molecule has 9 heteroatoms. The second-order valence-electron chi connectivity index (χ2n) is 12.5. The van der Waals surface area contributed by atoms with Crippen molar-refractivity contribution in [2.24, 2.45) is 0 Å². The predicted octanol–water partition coefficient (Wildman–Crippen LogP) is 4.86. The topological polar surface area (TPSA) is 124 Å². The summed E-state index contributed by atoms with van der Waals surface area (Å²) in [4.78, 5) is 2.45. The maximum Gasteiger partial charge on any atom is 0.160 e. The van der Waals surface area contributed by atoms with Gasteiger partial charge in [-0.1, -0.05) is 25.0 Å². The van der Waals surface area contributed by atoms with Crippen molar-refractivity contribution in [1.29, 1.82) is 0 Å². The Morgan fingerprint density at radius 3 is 2.64 bits per heavy atom. The highest BCUT2D eigenvalue weighted by atomic mass is 16.5. The number of aromatic hydroxyl groups is 2. The molecule has 2 aliphatic carbocycles. The molecule has 0 bridgehead atoms. The molecule has 0 spiro atoms. The van der Waals surface area contributed by atoms with Crippen molar-refractivity contribution in [1.82, 2.24) is 10.2 Å². The van der Waals surface area contributed by atoms with Gasteiger partial charge in [0.25, 0.3) is 0 Å². The molecule has 3 aromatic carbocycles. The number of aliphatic hydroxyl groups excluding tert-OH is 2. The van der Waals surface area contributed by atoms with E-state index in [2.05, 4.69) is 16.4 Å². The highest BCUT2D eigenvalue weighted by Gasteiger charge is 2.45. The number of fused-ring (bicyclic) bond motifs is 5. The molecule has 5 N–H and O–H groups in total. The first-order valence-corrected chi connectivity index (χ1v) is 15.5. The van der Waals surface area contributed by atoms with Gasteiger partial charge >= 0.3 is 0 Å². The number of ether oxygens (including phenoxy) is 3. The van der Waals surface area contributed by atoms with Crippen molar-refractivity contribution >= 4 is 0 Å². The Kier molecular flexibility index (Phi) is 7.46. The highest BCUT2D eigenvalue weighted by Crippen LogP contribution is 2.55. The molecule has 1 fully saturated rings. The summed E-state index contributed by atoms with van der Waals surface area (Å²) in [6.45, 7) is 0.775. The normalized spacial score (nSPS) is 22.9. The zero-order valence-electron chi connectivity index (χ0n) is 25.0. The lowest BCUT2D eigenvalue weighted by Gasteiger charge is -2.44. The molecule has 2 heterocycles. The van der Waals surface area contributed by atoms with Crippen molar-refractivity contribution < 1.29 is 34.6 Å². The summed E-state index contributed by atoms with van der Waals surface area (Å²) in [5, 5.41) is 45.3. The van der Waals surface area contributed by atoms with Gasteiger partial charge in [-0.3, -0.25) is 0 Å². The van der Waals surface area contributed by atoms with E-state index >= 15 is 0 Å². The molecule has 44 heavy (non-hydrogen) atoms. The molecule has 3 aromatic rings. The van der Waals surface area contributed by atoms with Gasteiger partial charge in [0.2, 0.25) is 0 Å². The Balaban J connectivity index is 1.38. The molecule has 1 saturated carbocycles. The van der Waals surface area contributed by atoms with Crippen LogP contribution in [0.1, 0.15) is 66.4 Å². The number of nitrogens with zero attached hydrogens (tertiary/aromatic N) is 1. The van der Waals surface area contributed by atoms with Crippen molar-refractivity contribution in [3.05, 3.63) is 77.1 Å². The van der Waals surface area contributed by atoms with Gasteiger partial charge in [-0.25, -0.2) is 0 Å². The third-order valence-corrected chi connectivity index (χ3v) is 9.93. The number of hydrogen-bond acceptors (Lipinski definition) is 9. The fourth-order valence-electron chi connectivity index (χ4n) is 8.01. The molecule has 2 aliphatic heterocycles. The van der Waals surface area contributed by atoms with E-state index in [-0.39, 0.29) is 36.2 Å². The number of aliphatic hydroxyl groups is 2. The van der Waals surface area contributed by atoms with E-state index in [0.717, 1.165) is 60.2 Å². The smallest absolute Gasteiger partial charge is 0.160 e. The van der Waals surface area contributed by atoms with Crippen LogP contribution >= 0.6 is 0 Å². The molecule has 232 valence electrons. The van der Waals surface area contributed by atoms with Crippen molar-refractivity contribution in [3.8, 4) is 39.9 Å². The number of nitrogens with one attached hydrogen (secondary N) is 1. The zero-order chi connectivity index (χ0) is 30.4. The van der Waals surface area contributed by atoms with E-state index in [1.807, 2.05) is 24.4 Å². The average molecular weight is 601 g/mol. The number of phenolic OH excluding ortho intramolecular Hbond substituents is 2. The Morgan fingerprint density at radius 2 is 1.89 bits per heavy atom. The number of rotatable bonds is 8. The van der Waals surface area contributed by atoms with E-state index in [4.69, 9.17) is 14.2 Å². The van der Waals surface area contributed by atoms with Gasteiger partial charge < -0.3 is 44.9 Å². The maximum atomic E-state index is 11.6. The molecule has 0 amide bonds. The summed E-state index contributed by atoms with van der Waals surface area (Å²) < 4.78 is 18.2. The summed E-state index contributed by atoms with van der Waals surface area (Å²) in [7, 11) is 1.49. The lowest BCUT2D eigenvalue weighted by atomic mass is 9.69. The number of benzene rings is 3. The first-order chi connectivity index (χ1) is 21.4. The van der Waals surface area contributed by atoms with Crippen molar-refractivity contribution in [2.75, 3.05) is 27.0 Å². The number of methoxy groups -OCH3 is 1. The van der Waals surface area contributed by atoms with Crippen LogP contribution in [0.2, 0.25) is 0 Å². The van der Waals surface area contributed by atoms with E-state index in [9.17, 15) is 20.4 Å². The molecule has 7 rings (SSSR count). The summed E-state index contributed by atoms with van der Waals surface area (Å²) in [6.07, 6.45) is 9.29. The van der Waals surface area contributed by atoms with E-state index in [1.54, 1.807) is 24.3 Å². The quantitative estimate of drug-likeness (QED) is 0.247.